The van der Waals surface area contributed by atoms with E-state index in [2.05, 4.69) is 24.3 Å². The minimum Gasteiger partial charge on any atom is -0.487 e. The normalized spacial score (nSPS) is 17.6. The summed E-state index contributed by atoms with van der Waals surface area (Å²) >= 11 is 0. The average Bonchev–Trinajstić information content (AvgIpc) is 2.67. The molecule has 0 aliphatic carbocycles. The molecule has 1 unspecified atom stereocenters. The first-order chi connectivity index (χ1) is 12.3. The van der Waals surface area contributed by atoms with Crippen LogP contribution in [-0.2, 0) is 16.1 Å². The fraction of sp³-hybridized carbons (Fsp3) is 0.286. The molecule has 25 heavy (non-hydrogen) atoms. The molecule has 1 fully saturated rings. The van der Waals surface area contributed by atoms with Crippen LogP contribution in [0.5, 0.6) is 5.75 Å². The number of benzene rings is 2. The van der Waals surface area contributed by atoms with E-state index in [0.29, 0.717) is 26.4 Å². The fourth-order valence-electron chi connectivity index (χ4n) is 3.17. The quantitative estimate of drug-likeness (QED) is 0.716. The molecule has 4 heteroatoms. The zero-order chi connectivity index (χ0) is 17.1. The Labute approximate surface area is 147 Å². The van der Waals surface area contributed by atoms with Crippen molar-refractivity contribution in [3.05, 3.63) is 71.4 Å². The van der Waals surface area contributed by atoms with Gasteiger partial charge < -0.3 is 14.2 Å². The van der Waals surface area contributed by atoms with Gasteiger partial charge in [-0.05, 0) is 30.2 Å². The Kier molecular flexibility index (Phi) is 4.63. The summed E-state index contributed by atoms with van der Waals surface area (Å²) in [7, 11) is 0. The Morgan fingerprint density at radius 3 is 2.76 bits per heavy atom. The van der Waals surface area contributed by atoms with Crippen molar-refractivity contribution in [2.24, 2.45) is 0 Å². The van der Waals surface area contributed by atoms with Crippen LogP contribution in [-0.4, -0.2) is 24.8 Å². The fourth-order valence-corrected chi connectivity index (χ4v) is 3.17. The number of rotatable bonds is 4. The maximum Gasteiger partial charge on any atom is 0.146 e. The van der Waals surface area contributed by atoms with Crippen LogP contribution in [0.1, 0.15) is 22.9 Å². The van der Waals surface area contributed by atoms with Crippen molar-refractivity contribution in [3.63, 3.8) is 0 Å². The molecule has 0 spiro atoms. The Hall–Kier alpha value is -2.43. The van der Waals surface area contributed by atoms with Crippen LogP contribution in [0.15, 0.2) is 54.6 Å². The highest BCUT2D eigenvalue weighted by atomic mass is 16.6. The van der Waals surface area contributed by atoms with Gasteiger partial charge in [-0.15, -0.1) is 0 Å². The van der Waals surface area contributed by atoms with Gasteiger partial charge in [0, 0.05) is 11.1 Å². The lowest BCUT2D eigenvalue weighted by Crippen LogP contribution is -2.22. The molecule has 1 aliphatic heterocycles. The van der Waals surface area contributed by atoms with E-state index < -0.39 is 0 Å². The first-order valence-electron chi connectivity index (χ1n) is 8.57. The van der Waals surface area contributed by atoms with E-state index in [0.717, 1.165) is 33.5 Å². The number of para-hydroxylation sites is 1. The molecule has 2 heterocycles. The lowest BCUT2D eigenvalue weighted by molar-refractivity contribution is -0.0896. The molecule has 4 nitrogen and oxygen atoms in total. The van der Waals surface area contributed by atoms with Crippen LogP contribution >= 0.6 is 0 Å². The predicted octanol–water partition coefficient (Wildman–Crippen LogP) is 4.21. The van der Waals surface area contributed by atoms with E-state index in [1.54, 1.807) is 0 Å². The smallest absolute Gasteiger partial charge is 0.146 e. The van der Waals surface area contributed by atoms with Gasteiger partial charge in [0.1, 0.15) is 24.0 Å². The van der Waals surface area contributed by atoms with Gasteiger partial charge in [-0.2, -0.15) is 0 Å². The maximum atomic E-state index is 6.07. The molecule has 3 aromatic rings. The molecule has 1 atom stereocenters. The van der Waals surface area contributed by atoms with Gasteiger partial charge >= 0.3 is 0 Å². The average molecular weight is 335 g/mol. The molecule has 128 valence electrons. The van der Waals surface area contributed by atoms with Crippen LogP contribution in [0.2, 0.25) is 0 Å². The number of hydrogen-bond acceptors (Lipinski definition) is 4. The van der Waals surface area contributed by atoms with E-state index in [9.17, 15) is 0 Å². The summed E-state index contributed by atoms with van der Waals surface area (Å²) in [4.78, 5) is 4.72. The van der Waals surface area contributed by atoms with E-state index in [4.69, 9.17) is 19.2 Å². The topological polar surface area (TPSA) is 40.6 Å². The number of nitrogens with zero attached hydrogens (tertiary/aromatic N) is 1. The van der Waals surface area contributed by atoms with Gasteiger partial charge in [-0.1, -0.05) is 42.5 Å². The Morgan fingerprint density at radius 1 is 1.08 bits per heavy atom. The third-order valence-corrected chi connectivity index (χ3v) is 4.36. The van der Waals surface area contributed by atoms with Crippen LogP contribution in [0.3, 0.4) is 0 Å². The van der Waals surface area contributed by atoms with Gasteiger partial charge in [0.25, 0.3) is 0 Å². The first kappa shape index (κ1) is 16.1. The van der Waals surface area contributed by atoms with Crippen molar-refractivity contribution in [1.29, 1.82) is 0 Å². The van der Waals surface area contributed by atoms with Crippen LogP contribution in [0.4, 0.5) is 0 Å². The number of fused-ring (bicyclic) bond motifs is 1. The van der Waals surface area contributed by atoms with Crippen molar-refractivity contribution in [3.8, 4) is 5.75 Å². The summed E-state index contributed by atoms with van der Waals surface area (Å²) in [6.45, 7) is 4.38. The van der Waals surface area contributed by atoms with Crippen molar-refractivity contribution in [1.82, 2.24) is 4.98 Å². The molecule has 4 rings (SSSR count). The van der Waals surface area contributed by atoms with E-state index in [-0.39, 0.29) is 6.10 Å². The summed E-state index contributed by atoms with van der Waals surface area (Å²) < 4.78 is 17.6. The van der Waals surface area contributed by atoms with Gasteiger partial charge in [-0.25, -0.2) is 4.98 Å². The zero-order valence-electron chi connectivity index (χ0n) is 14.3. The lowest BCUT2D eigenvalue weighted by atomic mass is 10.0. The van der Waals surface area contributed by atoms with Crippen molar-refractivity contribution in [2.45, 2.75) is 19.6 Å². The summed E-state index contributed by atoms with van der Waals surface area (Å²) in [5.74, 6) is 0.794. The van der Waals surface area contributed by atoms with Crippen LogP contribution in [0, 0.1) is 6.92 Å². The van der Waals surface area contributed by atoms with E-state index >= 15 is 0 Å². The molecule has 1 saturated heterocycles. The van der Waals surface area contributed by atoms with Gasteiger partial charge in [0.05, 0.1) is 19.8 Å². The third-order valence-electron chi connectivity index (χ3n) is 4.36. The molecular weight excluding hydrogens is 314 g/mol. The number of pyridine rings is 1. The highest BCUT2D eigenvalue weighted by molar-refractivity contribution is 5.88. The van der Waals surface area contributed by atoms with Crippen molar-refractivity contribution < 1.29 is 14.2 Å². The van der Waals surface area contributed by atoms with Gasteiger partial charge in [0.2, 0.25) is 0 Å². The monoisotopic (exact) mass is 335 g/mol. The van der Waals surface area contributed by atoms with Crippen molar-refractivity contribution >= 4 is 10.9 Å². The van der Waals surface area contributed by atoms with Crippen LogP contribution < -0.4 is 4.74 Å². The first-order valence-corrected chi connectivity index (χ1v) is 8.57. The summed E-state index contributed by atoms with van der Waals surface area (Å²) in [5.41, 5.74) is 4.08. The second kappa shape index (κ2) is 7.21. The predicted molar refractivity (Wildman–Crippen MR) is 96.8 cm³/mol. The zero-order valence-corrected chi connectivity index (χ0v) is 14.3. The second-order valence-electron chi connectivity index (χ2n) is 6.21. The standard InChI is InChI=1S/C21H21NO3/c1-15-12-18(20-14-23-10-11-24-20)17-8-5-9-19(21(17)22-15)25-13-16-6-3-2-4-7-16/h2-9,12,20H,10-11,13-14H2,1H3. The largest absolute Gasteiger partial charge is 0.487 e. The third kappa shape index (κ3) is 3.50. The van der Waals surface area contributed by atoms with Gasteiger partial charge in [-0.3, -0.25) is 0 Å². The summed E-state index contributed by atoms with van der Waals surface area (Å²) in [6, 6.07) is 18.3. The Balaban J connectivity index is 1.69. The molecule has 0 radical (unpaired) electrons. The van der Waals surface area contributed by atoms with E-state index in [1.165, 1.54) is 0 Å². The van der Waals surface area contributed by atoms with Crippen molar-refractivity contribution in [2.75, 3.05) is 19.8 Å². The SMILES string of the molecule is Cc1cc(C2COCCO2)c2cccc(OCc3ccccc3)c2n1. The molecule has 0 bridgehead atoms. The number of aromatic nitrogens is 1. The molecule has 1 aliphatic rings. The second-order valence-corrected chi connectivity index (χ2v) is 6.21. The molecule has 1 aromatic heterocycles. The Bertz CT molecular complexity index is 858. The summed E-state index contributed by atoms with van der Waals surface area (Å²) in [5, 5.41) is 1.06. The maximum absolute atomic E-state index is 6.07. The molecular formula is C21H21NO3. The number of hydrogen-bond donors (Lipinski definition) is 0. The molecule has 0 saturated carbocycles. The molecule has 0 N–H and O–H groups in total. The number of aryl methyl sites for hydroxylation is 1. The number of ether oxygens (including phenoxy) is 3. The minimum absolute atomic E-state index is 0.0534. The Morgan fingerprint density at radius 2 is 1.96 bits per heavy atom. The summed E-state index contributed by atoms with van der Waals surface area (Å²) in [6.07, 6.45) is -0.0534. The molecule has 0 amide bonds. The van der Waals surface area contributed by atoms with Crippen LogP contribution in [0.25, 0.3) is 10.9 Å². The van der Waals surface area contributed by atoms with Gasteiger partial charge in [0.15, 0.2) is 0 Å². The van der Waals surface area contributed by atoms with E-state index in [1.807, 2.05) is 37.3 Å². The highest BCUT2D eigenvalue weighted by Crippen LogP contribution is 2.33. The highest BCUT2D eigenvalue weighted by Gasteiger charge is 2.21. The molecule has 2 aromatic carbocycles. The minimum atomic E-state index is -0.0534. The lowest BCUT2D eigenvalue weighted by Gasteiger charge is -2.25.